The highest BCUT2D eigenvalue weighted by Crippen LogP contribution is 2.21. The zero-order valence-electron chi connectivity index (χ0n) is 10.7. The molecule has 104 valence electrons. The predicted molar refractivity (Wildman–Crippen MR) is 79.6 cm³/mol. The highest BCUT2D eigenvalue weighted by molar-refractivity contribution is 6.32. The van der Waals surface area contributed by atoms with E-state index in [1.165, 1.54) is 0 Å². The van der Waals surface area contributed by atoms with Crippen molar-refractivity contribution in [3.63, 3.8) is 0 Å². The molecule has 0 saturated heterocycles. The van der Waals surface area contributed by atoms with Gasteiger partial charge in [0.15, 0.2) is 11.8 Å². The number of benzene rings is 1. The number of nitrogens with zero attached hydrogens (tertiary/aromatic N) is 1. The monoisotopic (exact) mass is 310 g/mol. The van der Waals surface area contributed by atoms with E-state index in [2.05, 4.69) is 10.3 Å². The number of ether oxygens (including phenoxy) is 1. The average molecular weight is 311 g/mol. The van der Waals surface area contributed by atoms with E-state index in [1.807, 2.05) is 6.92 Å². The summed E-state index contributed by atoms with van der Waals surface area (Å²) in [4.78, 5) is 15.6. The summed E-state index contributed by atoms with van der Waals surface area (Å²) in [6, 6.07) is 8.55. The van der Waals surface area contributed by atoms with Crippen LogP contribution in [-0.4, -0.2) is 17.5 Å². The van der Waals surface area contributed by atoms with Crippen LogP contribution < -0.4 is 10.1 Å². The number of rotatable bonds is 4. The average Bonchev–Trinajstić information content (AvgIpc) is 2.43. The molecule has 4 nitrogen and oxygen atoms in total. The Kier molecular flexibility index (Phi) is 4.82. The number of aromatic nitrogens is 1. The lowest BCUT2D eigenvalue weighted by molar-refractivity contribution is -0.118. The van der Waals surface area contributed by atoms with Gasteiger partial charge in [0.2, 0.25) is 0 Å². The molecule has 0 saturated carbocycles. The van der Waals surface area contributed by atoms with Crippen molar-refractivity contribution < 1.29 is 9.53 Å². The van der Waals surface area contributed by atoms with E-state index in [0.717, 1.165) is 5.56 Å². The van der Waals surface area contributed by atoms with Gasteiger partial charge in [-0.3, -0.25) is 4.79 Å². The van der Waals surface area contributed by atoms with Crippen LogP contribution in [0.25, 0.3) is 0 Å². The van der Waals surface area contributed by atoms with Crippen molar-refractivity contribution in [3.05, 3.63) is 52.3 Å². The van der Waals surface area contributed by atoms with Gasteiger partial charge in [0.1, 0.15) is 5.75 Å². The van der Waals surface area contributed by atoms with Gasteiger partial charge < -0.3 is 10.1 Å². The van der Waals surface area contributed by atoms with Gasteiger partial charge in [0, 0.05) is 11.2 Å². The number of anilines is 1. The molecule has 20 heavy (non-hydrogen) atoms. The van der Waals surface area contributed by atoms with Gasteiger partial charge in [-0.05, 0) is 42.8 Å². The fourth-order valence-electron chi connectivity index (χ4n) is 1.52. The molecule has 0 aliphatic carbocycles. The number of halogens is 2. The van der Waals surface area contributed by atoms with Crippen molar-refractivity contribution in [2.45, 2.75) is 6.92 Å². The molecule has 0 spiro atoms. The molecule has 0 unspecified atom stereocenters. The minimum absolute atomic E-state index is 0.119. The van der Waals surface area contributed by atoms with Crippen molar-refractivity contribution in [3.8, 4) is 5.75 Å². The molecule has 0 bridgehead atoms. The summed E-state index contributed by atoms with van der Waals surface area (Å²) in [5, 5.41) is 3.52. The number of nitrogens with one attached hydrogen (secondary N) is 1. The third kappa shape index (κ3) is 3.85. The van der Waals surface area contributed by atoms with Crippen molar-refractivity contribution >= 4 is 34.8 Å². The van der Waals surface area contributed by atoms with Crippen molar-refractivity contribution in [2.24, 2.45) is 0 Å². The minimum atomic E-state index is -0.312. The van der Waals surface area contributed by atoms with Crippen LogP contribution in [0.3, 0.4) is 0 Å². The van der Waals surface area contributed by atoms with E-state index in [4.69, 9.17) is 27.9 Å². The SMILES string of the molecule is Cc1cc(OCC(=O)Nc2cccnc2Cl)ccc1Cl. The zero-order valence-corrected chi connectivity index (χ0v) is 12.2. The molecule has 1 amide bonds. The largest absolute Gasteiger partial charge is 0.484 e. The zero-order chi connectivity index (χ0) is 14.5. The normalized spacial score (nSPS) is 10.2. The second-order valence-electron chi connectivity index (χ2n) is 4.09. The van der Waals surface area contributed by atoms with Crippen LogP contribution in [0, 0.1) is 6.92 Å². The van der Waals surface area contributed by atoms with Crippen molar-refractivity contribution in [1.82, 2.24) is 4.98 Å². The number of pyridine rings is 1. The summed E-state index contributed by atoms with van der Waals surface area (Å²) in [5.74, 6) is 0.270. The molecule has 0 atom stereocenters. The summed E-state index contributed by atoms with van der Waals surface area (Å²) < 4.78 is 5.38. The number of carbonyl (C=O) groups excluding carboxylic acids is 1. The van der Waals surface area contributed by atoms with E-state index in [0.29, 0.717) is 16.5 Å². The maximum atomic E-state index is 11.7. The Morgan fingerprint density at radius 1 is 1.35 bits per heavy atom. The maximum absolute atomic E-state index is 11.7. The quantitative estimate of drug-likeness (QED) is 0.876. The maximum Gasteiger partial charge on any atom is 0.262 e. The number of carbonyl (C=O) groups is 1. The molecule has 0 aliphatic rings. The first-order valence-electron chi connectivity index (χ1n) is 5.85. The Hall–Kier alpha value is -1.78. The smallest absolute Gasteiger partial charge is 0.262 e. The van der Waals surface area contributed by atoms with Crippen LogP contribution >= 0.6 is 23.2 Å². The summed E-state index contributed by atoms with van der Waals surface area (Å²) >= 11 is 11.8. The molecule has 6 heteroatoms. The van der Waals surface area contributed by atoms with E-state index in [9.17, 15) is 4.79 Å². The fraction of sp³-hybridized carbons (Fsp3) is 0.143. The van der Waals surface area contributed by atoms with E-state index in [1.54, 1.807) is 36.5 Å². The van der Waals surface area contributed by atoms with Crippen LogP contribution in [-0.2, 0) is 4.79 Å². The van der Waals surface area contributed by atoms with Crippen LogP contribution in [0.2, 0.25) is 10.2 Å². The first-order valence-corrected chi connectivity index (χ1v) is 6.61. The highest BCUT2D eigenvalue weighted by atomic mass is 35.5. The number of aryl methyl sites for hydroxylation is 1. The lowest BCUT2D eigenvalue weighted by atomic mass is 10.2. The van der Waals surface area contributed by atoms with Gasteiger partial charge in [0.25, 0.3) is 5.91 Å². The third-order valence-corrected chi connectivity index (χ3v) is 3.26. The fourth-order valence-corrected chi connectivity index (χ4v) is 1.81. The molecule has 2 aromatic rings. The van der Waals surface area contributed by atoms with E-state index in [-0.39, 0.29) is 17.7 Å². The van der Waals surface area contributed by atoms with Gasteiger partial charge in [0.05, 0.1) is 5.69 Å². The lowest BCUT2D eigenvalue weighted by Gasteiger charge is -2.09. The summed E-state index contributed by atoms with van der Waals surface area (Å²) in [5.41, 5.74) is 1.34. The first-order chi connectivity index (χ1) is 9.56. The van der Waals surface area contributed by atoms with Gasteiger partial charge in [-0.15, -0.1) is 0 Å². The Labute approximate surface area is 126 Å². The molecule has 1 heterocycles. The molecule has 1 aromatic heterocycles. The van der Waals surface area contributed by atoms with E-state index >= 15 is 0 Å². The predicted octanol–water partition coefficient (Wildman–Crippen LogP) is 3.71. The van der Waals surface area contributed by atoms with Crippen LogP contribution in [0.4, 0.5) is 5.69 Å². The third-order valence-electron chi connectivity index (χ3n) is 2.53. The highest BCUT2D eigenvalue weighted by Gasteiger charge is 2.07. The van der Waals surface area contributed by atoms with Crippen LogP contribution in [0.5, 0.6) is 5.75 Å². The number of hydrogen-bond acceptors (Lipinski definition) is 3. The molecule has 0 radical (unpaired) electrons. The summed E-state index contributed by atoms with van der Waals surface area (Å²) in [7, 11) is 0. The molecule has 2 rings (SSSR count). The first kappa shape index (κ1) is 14.6. The Balaban J connectivity index is 1.92. The topological polar surface area (TPSA) is 51.2 Å². The second-order valence-corrected chi connectivity index (χ2v) is 4.85. The number of amides is 1. The van der Waals surface area contributed by atoms with Gasteiger partial charge in [-0.2, -0.15) is 0 Å². The van der Waals surface area contributed by atoms with Crippen LogP contribution in [0.1, 0.15) is 5.56 Å². The second kappa shape index (κ2) is 6.59. The Bertz CT molecular complexity index is 632. The minimum Gasteiger partial charge on any atom is -0.484 e. The molecular formula is C14H12Cl2N2O2. The van der Waals surface area contributed by atoms with Gasteiger partial charge in [-0.25, -0.2) is 4.98 Å². The van der Waals surface area contributed by atoms with E-state index < -0.39 is 0 Å². The molecular weight excluding hydrogens is 299 g/mol. The Morgan fingerprint density at radius 2 is 2.15 bits per heavy atom. The lowest BCUT2D eigenvalue weighted by Crippen LogP contribution is -2.20. The van der Waals surface area contributed by atoms with Crippen molar-refractivity contribution in [2.75, 3.05) is 11.9 Å². The van der Waals surface area contributed by atoms with Gasteiger partial charge in [-0.1, -0.05) is 23.2 Å². The standard InChI is InChI=1S/C14H12Cl2N2O2/c1-9-7-10(4-5-11(9)15)20-8-13(19)18-12-3-2-6-17-14(12)16/h2-7H,8H2,1H3,(H,18,19). The Morgan fingerprint density at radius 3 is 2.85 bits per heavy atom. The molecule has 0 aliphatic heterocycles. The summed E-state index contributed by atoms with van der Waals surface area (Å²) in [6.45, 7) is 1.75. The number of hydrogen-bond donors (Lipinski definition) is 1. The van der Waals surface area contributed by atoms with Crippen LogP contribution in [0.15, 0.2) is 36.5 Å². The molecule has 1 N–H and O–H groups in total. The summed E-state index contributed by atoms with van der Waals surface area (Å²) in [6.07, 6.45) is 1.55. The van der Waals surface area contributed by atoms with Crippen molar-refractivity contribution in [1.29, 1.82) is 0 Å². The van der Waals surface area contributed by atoms with Gasteiger partial charge >= 0.3 is 0 Å². The molecule has 0 fully saturated rings. The molecule has 1 aromatic carbocycles.